The summed E-state index contributed by atoms with van der Waals surface area (Å²) in [7, 11) is 1.75. The Balaban J connectivity index is 2.62. The number of rotatable bonds is 6. The Labute approximate surface area is 95.5 Å². The Morgan fingerprint density at radius 3 is 2.56 bits per heavy atom. The van der Waals surface area contributed by atoms with Gasteiger partial charge in [0.25, 0.3) is 0 Å². The van der Waals surface area contributed by atoms with E-state index in [1.165, 1.54) is 0 Å². The molecule has 0 heterocycles. The van der Waals surface area contributed by atoms with Crippen molar-refractivity contribution >= 4 is 5.97 Å². The summed E-state index contributed by atoms with van der Waals surface area (Å²) in [6.45, 7) is 0. The molecule has 4 heteroatoms. The predicted molar refractivity (Wildman–Crippen MR) is 63.0 cm³/mol. The highest BCUT2D eigenvalue weighted by Gasteiger charge is 2.23. The van der Waals surface area contributed by atoms with Gasteiger partial charge in [-0.2, -0.15) is 0 Å². The van der Waals surface area contributed by atoms with E-state index in [2.05, 4.69) is 5.32 Å². The molecule has 1 unspecified atom stereocenters. The van der Waals surface area contributed by atoms with Gasteiger partial charge in [-0.15, -0.1) is 0 Å². The van der Waals surface area contributed by atoms with Gasteiger partial charge < -0.3 is 16.2 Å². The van der Waals surface area contributed by atoms with Crippen LogP contribution >= 0.6 is 0 Å². The van der Waals surface area contributed by atoms with Crippen LogP contribution in [0.3, 0.4) is 0 Å². The highest BCUT2D eigenvalue weighted by atomic mass is 16.4. The van der Waals surface area contributed by atoms with E-state index in [0.29, 0.717) is 12.8 Å². The van der Waals surface area contributed by atoms with Crippen LogP contribution in [0.25, 0.3) is 0 Å². The summed E-state index contributed by atoms with van der Waals surface area (Å²) in [5.74, 6) is -0.821. The van der Waals surface area contributed by atoms with Crippen molar-refractivity contribution in [2.45, 2.75) is 24.9 Å². The Morgan fingerprint density at radius 1 is 1.44 bits per heavy atom. The topological polar surface area (TPSA) is 75.3 Å². The first-order valence-electron chi connectivity index (χ1n) is 5.29. The zero-order chi connectivity index (χ0) is 12.0. The van der Waals surface area contributed by atoms with Crippen LogP contribution in [0.4, 0.5) is 0 Å². The Bertz CT molecular complexity index is 340. The lowest BCUT2D eigenvalue weighted by molar-refractivity contribution is -0.137. The van der Waals surface area contributed by atoms with Gasteiger partial charge in [0.15, 0.2) is 0 Å². The average Bonchev–Trinajstić information content (AvgIpc) is 2.28. The molecule has 0 bridgehead atoms. The summed E-state index contributed by atoms with van der Waals surface area (Å²) >= 11 is 0. The highest BCUT2D eigenvalue weighted by molar-refractivity contribution is 5.66. The van der Waals surface area contributed by atoms with Crippen LogP contribution in [0.2, 0.25) is 0 Å². The van der Waals surface area contributed by atoms with Crippen molar-refractivity contribution in [2.75, 3.05) is 7.05 Å². The van der Waals surface area contributed by atoms with Crippen LogP contribution in [0.1, 0.15) is 18.4 Å². The molecule has 0 fully saturated rings. The average molecular weight is 222 g/mol. The fourth-order valence-corrected chi connectivity index (χ4v) is 1.59. The maximum atomic E-state index is 10.5. The molecule has 0 aromatic heterocycles. The third-order valence-electron chi connectivity index (χ3n) is 2.65. The fourth-order valence-electron chi connectivity index (χ4n) is 1.59. The molecule has 4 nitrogen and oxygen atoms in total. The molecule has 1 atom stereocenters. The number of carboxylic acids is 1. The second-order valence-electron chi connectivity index (χ2n) is 3.96. The van der Waals surface area contributed by atoms with Crippen molar-refractivity contribution in [1.82, 2.24) is 5.32 Å². The summed E-state index contributed by atoms with van der Waals surface area (Å²) < 4.78 is 0. The minimum absolute atomic E-state index is 0.0736. The fraction of sp³-hybridized carbons (Fsp3) is 0.417. The van der Waals surface area contributed by atoms with Gasteiger partial charge in [-0.25, -0.2) is 0 Å². The summed E-state index contributed by atoms with van der Waals surface area (Å²) in [5, 5.41) is 11.7. The summed E-state index contributed by atoms with van der Waals surface area (Å²) in [4.78, 5) is 10.5. The zero-order valence-corrected chi connectivity index (χ0v) is 9.44. The molecular weight excluding hydrogens is 204 g/mol. The lowest BCUT2D eigenvalue weighted by Gasteiger charge is -2.28. The number of carbonyl (C=O) groups is 1. The number of nitrogens with two attached hydrogens (primary N) is 1. The Kier molecular flexibility index (Phi) is 4.46. The van der Waals surface area contributed by atoms with Gasteiger partial charge in [0.05, 0.1) is 5.66 Å². The summed E-state index contributed by atoms with van der Waals surface area (Å²) in [6.07, 6.45) is 1.11. The van der Waals surface area contributed by atoms with E-state index >= 15 is 0 Å². The van der Waals surface area contributed by atoms with Gasteiger partial charge in [-0.1, -0.05) is 30.3 Å². The number of hydrogen-bond acceptors (Lipinski definition) is 3. The maximum absolute atomic E-state index is 10.5. The maximum Gasteiger partial charge on any atom is 0.303 e. The van der Waals surface area contributed by atoms with Crippen LogP contribution < -0.4 is 11.1 Å². The highest BCUT2D eigenvalue weighted by Crippen LogP contribution is 2.13. The van der Waals surface area contributed by atoms with E-state index in [1.54, 1.807) is 7.05 Å². The SMILES string of the molecule is CNC(N)(CCC(=O)O)Cc1ccccc1. The lowest BCUT2D eigenvalue weighted by atomic mass is 9.96. The van der Waals surface area contributed by atoms with Crippen molar-refractivity contribution in [2.24, 2.45) is 5.73 Å². The Hall–Kier alpha value is -1.39. The standard InChI is InChI=1S/C12H18N2O2/c1-14-12(13,8-7-11(15)16)9-10-5-3-2-4-6-10/h2-6,14H,7-9,13H2,1H3,(H,15,16). The van der Waals surface area contributed by atoms with Crippen molar-refractivity contribution in [3.63, 3.8) is 0 Å². The molecule has 0 aliphatic carbocycles. The molecule has 1 aromatic rings. The molecule has 0 aliphatic rings. The summed E-state index contributed by atoms with van der Waals surface area (Å²) in [5.41, 5.74) is 6.55. The van der Waals surface area contributed by atoms with Gasteiger partial charge in [-0.05, 0) is 19.0 Å². The monoisotopic (exact) mass is 222 g/mol. The molecule has 1 aromatic carbocycles. The number of benzene rings is 1. The zero-order valence-electron chi connectivity index (χ0n) is 9.44. The number of hydrogen-bond donors (Lipinski definition) is 3. The minimum atomic E-state index is -0.821. The number of nitrogens with one attached hydrogen (secondary N) is 1. The number of aliphatic carboxylic acids is 1. The molecule has 0 amide bonds. The second kappa shape index (κ2) is 5.63. The van der Waals surface area contributed by atoms with Crippen molar-refractivity contribution in [3.05, 3.63) is 35.9 Å². The molecule has 0 saturated carbocycles. The van der Waals surface area contributed by atoms with Gasteiger partial charge in [0.1, 0.15) is 0 Å². The number of carboxylic acid groups (broad SMARTS) is 1. The molecule has 0 spiro atoms. The molecule has 0 radical (unpaired) electrons. The van der Waals surface area contributed by atoms with E-state index in [9.17, 15) is 4.79 Å². The molecule has 1 rings (SSSR count). The quantitative estimate of drug-likeness (QED) is 0.627. The van der Waals surface area contributed by atoms with E-state index in [-0.39, 0.29) is 6.42 Å². The molecule has 0 aliphatic heterocycles. The van der Waals surface area contributed by atoms with Gasteiger partial charge in [0.2, 0.25) is 0 Å². The molecular formula is C12H18N2O2. The van der Waals surface area contributed by atoms with Crippen LogP contribution in [-0.4, -0.2) is 23.8 Å². The van der Waals surface area contributed by atoms with Crippen LogP contribution in [0, 0.1) is 0 Å². The third-order valence-corrected chi connectivity index (χ3v) is 2.65. The van der Waals surface area contributed by atoms with Crippen LogP contribution in [-0.2, 0) is 11.2 Å². The van der Waals surface area contributed by atoms with Crippen molar-refractivity contribution < 1.29 is 9.90 Å². The van der Waals surface area contributed by atoms with E-state index in [0.717, 1.165) is 5.56 Å². The van der Waals surface area contributed by atoms with Crippen LogP contribution in [0.5, 0.6) is 0 Å². The van der Waals surface area contributed by atoms with E-state index in [4.69, 9.17) is 10.8 Å². The predicted octanol–water partition coefficient (Wildman–Crippen LogP) is 0.968. The molecule has 0 saturated heterocycles. The first kappa shape index (κ1) is 12.7. The third kappa shape index (κ3) is 4.00. The van der Waals surface area contributed by atoms with Crippen molar-refractivity contribution in [3.8, 4) is 0 Å². The number of likely N-dealkylation sites (N-methyl/N-ethyl adjacent to an activating group) is 1. The molecule has 88 valence electrons. The van der Waals surface area contributed by atoms with E-state index < -0.39 is 11.6 Å². The largest absolute Gasteiger partial charge is 0.481 e. The minimum Gasteiger partial charge on any atom is -0.481 e. The Morgan fingerprint density at radius 2 is 2.06 bits per heavy atom. The smallest absolute Gasteiger partial charge is 0.303 e. The first-order valence-corrected chi connectivity index (χ1v) is 5.29. The van der Waals surface area contributed by atoms with Crippen molar-refractivity contribution in [1.29, 1.82) is 0 Å². The van der Waals surface area contributed by atoms with Crippen LogP contribution in [0.15, 0.2) is 30.3 Å². The van der Waals surface area contributed by atoms with Gasteiger partial charge in [0, 0.05) is 12.8 Å². The molecule has 16 heavy (non-hydrogen) atoms. The second-order valence-corrected chi connectivity index (χ2v) is 3.96. The van der Waals surface area contributed by atoms with E-state index in [1.807, 2.05) is 30.3 Å². The molecule has 4 N–H and O–H groups in total. The summed E-state index contributed by atoms with van der Waals surface area (Å²) in [6, 6.07) is 9.81. The normalized spacial score (nSPS) is 14.4. The lowest BCUT2D eigenvalue weighted by Crippen LogP contribution is -2.53. The first-order chi connectivity index (χ1) is 7.56. The van der Waals surface area contributed by atoms with Gasteiger partial charge >= 0.3 is 5.97 Å². The van der Waals surface area contributed by atoms with Gasteiger partial charge in [-0.3, -0.25) is 4.79 Å².